The van der Waals surface area contributed by atoms with Crippen LogP contribution in [0.3, 0.4) is 0 Å². The number of hydrogen-bond donors (Lipinski definition) is 2. The minimum atomic E-state index is -0.792. The summed E-state index contributed by atoms with van der Waals surface area (Å²) in [6.45, 7) is 7.23. The Morgan fingerprint density at radius 2 is 2.06 bits per heavy atom. The normalized spacial score (nSPS) is 17.0. The second kappa shape index (κ2) is 5.70. The van der Waals surface area contributed by atoms with E-state index in [0.717, 1.165) is 5.57 Å². The molecule has 5 heteroatoms. The molecule has 17 heavy (non-hydrogen) atoms. The van der Waals surface area contributed by atoms with Crippen molar-refractivity contribution in [3.05, 3.63) is 11.6 Å². The first-order chi connectivity index (χ1) is 7.91. The van der Waals surface area contributed by atoms with Crippen molar-refractivity contribution in [1.82, 2.24) is 10.2 Å². The number of likely N-dealkylation sites (tertiary alicyclic amines) is 1. The van der Waals surface area contributed by atoms with Crippen molar-refractivity contribution in [2.75, 3.05) is 19.6 Å². The van der Waals surface area contributed by atoms with Crippen LogP contribution in [0, 0.1) is 11.8 Å². The summed E-state index contributed by atoms with van der Waals surface area (Å²) in [5, 5.41) is 11.6. The molecule has 1 fully saturated rings. The molecule has 1 aliphatic heterocycles. The molecule has 1 unspecified atom stereocenters. The molecule has 1 atom stereocenters. The van der Waals surface area contributed by atoms with E-state index in [9.17, 15) is 9.59 Å². The quantitative estimate of drug-likeness (QED) is 0.728. The average Bonchev–Trinajstić information content (AvgIpc) is 2.14. The van der Waals surface area contributed by atoms with Gasteiger partial charge in [0.15, 0.2) is 0 Å². The van der Waals surface area contributed by atoms with Gasteiger partial charge in [-0.2, -0.15) is 0 Å². The highest BCUT2D eigenvalue weighted by Crippen LogP contribution is 2.23. The molecule has 0 aromatic heterocycles. The van der Waals surface area contributed by atoms with Crippen LogP contribution < -0.4 is 5.32 Å². The van der Waals surface area contributed by atoms with Crippen molar-refractivity contribution in [1.29, 1.82) is 0 Å². The molecule has 0 aromatic rings. The van der Waals surface area contributed by atoms with E-state index in [4.69, 9.17) is 5.11 Å². The fourth-order valence-electron chi connectivity index (χ4n) is 1.65. The van der Waals surface area contributed by atoms with Crippen LogP contribution in [0.5, 0.6) is 0 Å². The molecular formula is C12H20N2O3. The fraction of sp³-hybridized carbons (Fsp3) is 0.667. The highest BCUT2D eigenvalue weighted by molar-refractivity contribution is 5.76. The smallest absolute Gasteiger partial charge is 0.317 e. The van der Waals surface area contributed by atoms with Crippen LogP contribution in [0.4, 0.5) is 4.79 Å². The molecular weight excluding hydrogens is 220 g/mol. The number of nitrogens with zero attached hydrogens (tertiary/aromatic N) is 1. The molecule has 1 aliphatic rings. The van der Waals surface area contributed by atoms with Crippen molar-refractivity contribution >= 4 is 12.0 Å². The number of urea groups is 1. The van der Waals surface area contributed by atoms with E-state index in [2.05, 4.69) is 5.32 Å². The van der Waals surface area contributed by atoms with Crippen molar-refractivity contribution in [2.24, 2.45) is 11.8 Å². The summed E-state index contributed by atoms with van der Waals surface area (Å²) in [7, 11) is 0. The second-order valence-corrected chi connectivity index (χ2v) is 4.76. The number of carboxylic acid groups (broad SMARTS) is 1. The van der Waals surface area contributed by atoms with E-state index in [1.165, 1.54) is 0 Å². The van der Waals surface area contributed by atoms with Gasteiger partial charge in [-0.3, -0.25) is 4.79 Å². The highest BCUT2D eigenvalue weighted by Gasteiger charge is 2.36. The summed E-state index contributed by atoms with van der Waals surface area (Å²) in [5.41, 5.74) is 1.16. The molecule has 0 saturated carbocycles. The Kier molecular flexibility index (Phi) is 4.54. The minimum absolute atomic E-state index is 0.0849. The van der Waals surface area contributed by atoms with Crippen molar-refractivity contribution < 1.29 is 14.7 Å². The lowest BCUT2D eigenvalue weighted by Crippen LogP contribution is -2.56. The van der Waals surface area contributed by atoms with Crippen LogP contribution in [0.25, 0.3) is 0 Å². The predicted octanol–water partition coefficient (Wildman–Crippen LogP) is 1.31. The van der Waals surface area contributed by atoms with Crippen molar-refractivity contribution in [2.45, 2.75) is 20.8 Å². The second-order valence-electron chi connectivity index (χ2n) is 4.76. The van der Waals surface area contributed by atoms with Gasteiger partial charge in [0.25, 0.3) is 0 Å². The summed E-state index contributed by atoms with van der Waals surface area (Å²) in [4.78, 5) is 24.0. The number of carbonyl (C=O) groups is 2. The zero-order valence-corrected chi connectivity index (χ0v) is 10.6. The lowest BCUT2D eigenvalue weighted by Gasteiger charge is -2.40. The maximum atomic E-state index is 11.6. The first kappa shape index (κ1) is 13.5. The molecule has 1 saturated heterocycles. The van der Waals surface area contributed by atoms with Crippen molar-refractivity contribution in [3.63, 3.8) is 0 Å². The number of nitrogens with one attached hydrogen (secondary N) is 1. The number of carboxylic acids is 1. The lowest BCUT2D eigenvalue weighted by atomic mass is 9.87. The topological polar surface area (TPSA) is 69.6 Å². The summed E-state index contributed by atoms with van der Waals surface area (Å²) in [5.74, 6) is -1.09. The van der Waals surface area contributed by atoms with E-state index in [-0.39, 0.29) is 17.9 Å². The van der Waals surface area contributed by atoms with Crippen molar-refractivity contribution in [3.8, 4) is 0 Å². The van der Waals surface area contributed by atoms with E-state index in [0.29, 0.717) is 19.6 Å². The Labute approximate surface area is 101 Å². The number of aliphatic carboxylic acids is 1. The third-order valence-corrected chi connectivity index (χ3v) is 3.06. The molecule has 0 spiro atoms. The van der Waals surface area contributed by atoms with Gasteiger partial charge in [0, 0.05) is 25.6 Å². The molecule has 0 bridgehead atoms. The maximum absolute atomic E-state index is 11.6. The van der Waals surface area contributed by atoms with Crippen LogP contribution in [-0.2, 0) is 4.79 Å². The number of hydrogen-bond acceptors (Lipinski definition) is 2. The van der Waals surface area contributed by atoms with E-state index in [1.54, 1.807) is 11.8 Å². The summed E-state index contributed by atoms with van der Waals surface area (Å²) < 4.78 is 0. The molecule has 96 valence electrons. The first-order valence-corrected chi connectivity index (χ1v) is 5.80. The summed E-state index contributed by atoms with van der Waals surface area (Å²) in [6.07, 6.45) is 1.94. The standard InChI is InChI=1S/C12H20N2O3/c1-8(2)4-5-13-12(17)14-6-10(7-14)9(3)11(15)16/h4,9-10H,5-7H2,1-3H3,(H,13,17)(H,15,16). The third-order valence-electron chi connectivity index (χ3n) is 3.06. The van der Waals surface area contributed by atoms with Gasteiger partial charge in [-0.15, -0.1) is 0 Å². The summed E-state index contributed by atoms with van der Waals surface area (Å²) >= 11 is 0. The number of allylic oxidation sites excluding steroid dienone is 1. The highest BCUT2D eigenvalue weighted by atomic mass is 16.4. The zero-order valence-electron chi connectivity index (χ0n) is 10.6. The van der Waals surface area contributed by atoms with Gasteiger partial charge < -0.3 is 15.3 Å². The van der Waals surface area contributed by atoms with Crippen LogP contribution in [-0.4, -0.2) is 41.6 Å². The Morgan fingerprint density at radius 3 is 2.53 bits per heavy atom. The minimum Gasteiger partial charge on any atom is -0.481 e. The Bertz CT molecular complexity index is 329. The first-order valence-electron chi connectivity index (χ1n) is 5.80. The predicted molar refractivity (Wildman–Crippen MR) is 64.7 cm³/mol. The van der Waals surface area contributed by atoms with E-state index >= 15 is 0 Å². The lowest BCUT2D eigenvalue weighted by molar-refractivity contribution is -0.144. The molecule has 1 rings (SSSR count). The van der Waals surface area contributed by atoms with Crippen LogP contribution >= 0.6 is 0 Å². The molecule has 2 N–H and O–H groups in total. The van der Waals surface area contributed by atoms with Gasteiger partial charge in [-0.1, -0.05) is 18.6 Å². The van der Waals surface area contributed by atoms with Gasteiger partial charge in [-0.05, 0) is 13.8 Å². The van der Waals surface area contributed by atoms with Gasteiger partial charge in [0.05, 0.1) is 5.92 Å². The SMILES string of the molecule is CC(C)=CCNC(=O)N1CC(C(C)C(=O)O)C1. The Balaban J connectivity index is 2.26. The van der Waals surface area contributed by atoms with Gasteiger partial charge in [0.2, 0.25) is 0 Å². The van der Waals surface area contributed by atoms with Gasteiger partial charge >= 0.3 is 12.0 Å². The molecule has 0 radical (unpaired) electrons. The number of rotatable bonds is 4. The number of carbonyl (C=O) groups excluding carboxylic acids is 1. The molecule has 0 aromatic carbocycles. The number of amides is 2. The molecule has 1 heterocycles. The third kappa shape index (κ3) is 3.76. The monoisotopic (exact) mass is 240 g/mol. The Hall–Kier alpha value is -1.52. The van der Waals surface area contributed by atoms with E-state index < -0.39 is 5.97 Å². The zero-order chi connectivity index (χ0) is 13.0. The van der Waals surface area contributed by atoms with Gasteiger partial charge in [0.1, 0.15) is 0 Å². The van der Waals surface area contributed by atoms with Crippen LogP contribution in [0.1, 0.15) is 20.8 Å². The van der Waals surface area contributed by atoms with Gasteiger partial charge in [-0.25, -0.2) is 4.79 Å². The summed E-state index contributed by atoms with van der Waals surface area (Å²) in [6, 6.07) is -0.115. The average molecular weight is 240 g/mol. The molecule has 5 nitrogen and oxygen atoms in total. The Morgan fingerprint density at radius 1 is 1.47 bits per heavy atom. The molecule has 2 amide bonds. The van der Waals surface area contributed by atoms with Crippen LogP contribution in [0.15, 0.2) is 11.6 Å². The maximum Gasteiger partial charge on any atom is 0.317 e. The van der Waals surface area contributed by atoms with Crippen LogP contribution in [0.2, 0.25) is 0 Å². The fourth-order valence-corrected chi connectivity index (χ4v) is 1.65. The molecule has 0 aliphatic carbocycles. The van der Waals surface area contributed by atoms with E-state index in [1.807, 2.05) is 19.9 Å². The largest absolute Gasteiger partial charge is 0.481 e.